The summed E-state index contributed by atoms with van der Waals surface area (Å²) in [6.07, 6.45) is 0. The number of hydrogen-bond donors (Lipinski definition) is 3. The first-order chi connectivity index (χ1) is 14.3. The number of nitrogens with one attached hydrogen (secondary N) is 1. The smallest absolute Gasteiger partial charge is 0.336 e. The highest BCUT2D eigenvalue weighted by Crippen LogP contribution is 2.30. The zero-order valence-corrected chi connectivity index (χ0v) is 16.4. The van der Waals surface area contributed by atoms with Crippen molar-refractivity contribution in [1.29, 1.82) is 0 Å². The minimum atomic E-state index is -1.04. The number of aryl methyl sites for hydroxylation is 1. The van der Waals surface area contributed by atoms with Crippen LogP contribution in [0, 0.1) is 6.92 Å². The topological polar surface area (TPSA) is 131 Å². The number of carboxylic acid groups (broad SMARTS) is 1. The molecule has 150 valence electrons. The van der Waals surface area contributed by atoms with E-state index in [0.29, 0.717) is 44.3 Å². The van der Waals surface area contributed by atoms with E-state index in [-0.39, 0.29) is 11.6 Å². The van der Waals surface area contributed by atoms with Crippen molar-refractivity contribution in [2.75, 3.05) is 0 Å². The Kier molecular flexibility index (Phi) is 4.85. The van der Waals surface area contributed by atoms with E-state index in [1.165, 1.54) is 6.07 Å². The maximum absolute atomic E-state index is 11.3. The molecule has 0 radical (unpaired) electrons. The maximum Gasteiger partial charge on any atom is 0.336 e. The quantitative estimate of drug-likeness (QED) is 0.442. The number of ether oxygens (including phenoxy) is 1. The van der Waals surface area contributed by atoms with Gasteiger partial charge in [0.15, 0.2) is 5.65 Å². The Balaban J connectivity index is 1.67. The molecule has 2 heterocycles. The number of pyridine rings is 1. The van der Waals surface area contributed by atoms with Gasteiger partial charge in [-0.2, -0.15) is 4.98 Å². The van der Waals surface area contributed by atoms with Crippen molar-refractivity contribution in [2.45, 2.75) is 6.92 Å². The number of H-pyrrole nitrogens is 1. The van der Waals surface area contributed by atoms with Crippen molar-refractivity contribution >= 4 is 34.6 Å². The van der Waals surface area contributed by atoms with E-state index in [9.17, 15) is 14.7 Å². The van der Waals surface area contributed by atoms with Crippen LogP contribution < -0.4 is 10.5 Å². The fourth-order valence-electron chi connectivity index (χ4n) is 2.95. The first-order valence-electron chi connectivity index (χ1n) is 8.80. The maximum atomic E-state index is 11.3. The molecule has 2 aromatic carbocycles. The van der Waals surface area contributed by atoms with E-state index in [2.05, 4.69) is 15.0 Å². The van der Waals surface area contributed by atoms with E-state index in [0.717, 1.165) is 0 Å². The number of aromatic nitrogens is 3. The van der Waals surface area contributed by atoms with Gasteiger partial charge in [0.05, 0.1) is 21.8 Å². The number of carbonyl (C=O) groups excluding carboxylic acids is 1. The molecule has 4 aromatic rings. The second-order valence-electron chi connectivity index (χ2n) is 6.56. The Labute approximate surface area is 175 Å². The molecule has 0 aliphatic carbocycles. The number of nitrogens with zero attached hydrogens (tertiary/aromatic N) is 2. The Morgan fingerprint density at radius 2 is 1.83 bits per heavy atom. The summed E-state index contributed by atoms with van der Waals surface area (Å²) in [4.78, 5) is 34.3. The van der Waals surface area contributed by atoms with Gasteiger partial charge in [0.1, 0.15) is 5.75 Å². The van der Waals surface area contributed by atoms with Crippen LogP contribution in [0.1, 0.15) is 26.3 Å². The lowest BCUT2D eigenvalue weighted by atomic mass is 10.1. The monoisotopic (exact) mass is 422 g/mol. The summed E-state index contributed by atoms with van der Waals surface area (Å²) in [6, 6.07) is 13.1. The van der Waals surface area contributed by atoms with E-state index < -0.39 is 11.9 Å². The second kappa shape index (κ2) is 7.49. The van der Waals surface area contributed by atoms with E-state index in [4.69, 9.17) is 22.1 Å². The molecule has 0 aliphatic heterocycles. The lowest BCUT2D eigenvalue weighted by molar-refractivity contribution is 0.0695. The van der Waals surface area contributed by atoms with Gasteiger partial charge in [-0.15, -0.1) is 0 Å². The number of aromatic amines is 1. The minimum Gasteiger partial charge on any atom is -0.478 e. The van der Waals surface area contributed by atoms with Crippen molar-refractivity contribution in [1.82, 2.24) is 15.0 Å². The van der Waals surface area contributed by atoms with E-state index >= 15 is 0 Å². The minimum absolute atomic E-state index is 0.145. The largest absolute Gasteiger partial charge is 0.478 e. The summed E-state index contributed by atoms with van der Waals surface area (Å²) >= 11 is 6.37. The number of halogens is 1. The van der Waals surface area contributed by atoms with Crippen LogP contribution in [0.15, 0.2) is 48.5 Å². The molecule has 0 unspecified atom stereocenters. The van der Waals surface area contributed by atoms with Crippen LogP contribution in [-0.4, -0.2) is 31.9 Å². The molecule has 4 N–H and O–H groups in total. The number of fused-ring (bicyclic) bond motifs is 1. The summed E-state index contributed by atoms with van der Waals surface area (Å²) in [5.74, 6) is -1.24. The number of primary amides is 1. The number of amides is 1. The third kappa shape index (κ3) is 3.68. The SMILES string of the molecule is Cc1ccc(Oc2nc3nc(-c4ccc(C(N)=O)cc4)c(Cl)cc3[nH]2)cc1C(=O)O. The van der Waals surface area contributed by atoms with Crippen molar-refractivity contribution in [3.63, 3.8) is 0 Å². The van der Waals surface area contributed by atoms with Gasteiger partial charge >= 0.3 is 12.0 Å². The average Bonchev–Trinajstić information content (AvgIpc) is 3.09. The Morgan fingerprint density at radius 1 is 1.10 bits per heavy atom. The number of nitrogens with two attached hydrogens (primary N) is 1. The summed E-state index contributed by atoms with van der Waals surface area (Å²) in [5.41, 5.74) is 8.52. The molecule has 30 heavy (non-hydrogen) atoms. The molecule has 0 saturated heterocycles. The molecule has 2 aromatic heterocycles. The molecule has 0 saturated carbocycles. The van der Waals surface area contributed by atoms with Crippen LogP contribution in [0.5, 0.6) is 11.8 Å². The predicted octanol–water partition coefficient (Wildman–Crippen LogP) is 4.18. The van der Waals surface area contributed by atoms with Crippen LogP contribution in [-0.2, 0) is 0 Å². The van der Waals surface area contributed by atoms with Crippen molar-refractivity contribution in [3.05, 3.63) is 70.2 Å². The lowest BCUT2D eigenvalue weighted by Gasteiger charge is -2.05. The third-order valence-electron chi connectivity index (χ3n) is 4.50. The number of rotatable bonds is 5. The van der Waals surface area contributed by atoms with Crippen molar-refractivity contribution in [2.24, 2.45) is 5.73 Å². The molecule has 0 aliphatic rings. The molecular formula is C21H15ClN4O4. The van der Waals surface area contributed by atoms with Crippen LogP contribution in [0.2, 0.25) is 5.02 Å². The molecule has 0 bridgehead atoms. The Hall–Kier alpha value is -3.91. The fraction of sp³-hybridized carbons (Fsp3) is 0.0476. The predicted molar refractivity (Wildman–Crippen MR) is 111 cm³/mol. The number of imidazole rings is 1. The van der Waals surface area contributed by atoms with Gasteiger partial charge < -0.3 is 20.6 Å². The Bertz CT molecular complexity index is 1300. The van der Waals surface area contributed by atoms with Crippen molar-refractivity contribution in [3.8, 4) is 23.0 Å². The highest BCUT2D eigenvalue weighted by molar-refractivity contribution is 6.33. The van der Waals surface area contributed by atoms with Gasteiger partial charge in [-0.3, -0.25) is 4.79 Å². The third-order valence-corrected chi connectivity index (χ3v) is 4.79. The van der Waals surface area contributed by atoms with Crippen molar-refractivity contribution < 1.29 is 19.4 Å². The lowest BCUT2D eigenvalue weighted by Crippen LogP contribution is -2.10. The number of benzene rings is 2. The number of carbonyl (C=O) groups is 2. The Morgan fingerprint density at radius 3 is 2.50 bits per heavy atom. The number of carboxylic acids is 1. The van der Waals surface area contributed by atoms with E-state index in [1.807, 2.05) is 0 Å². The highest BCUT2D eigenvalue weighted by atomic mass is 35.5. The second-order valence-corrected chi connectivity index (χ2v) is 6.96. The zero-order valence-electron chi connectivity index (χ0n) is 15.6. The normalized spacial score (nSPS) is 10.9. The molecule has 0 spiro atoms. The van der Waals surface area contributed by atoms with E-state index in [1.54, 1.807) is 49.4 Å². The first kappa shape index (κ1) is 19.4. The molecule has 0 fully saturated rings. The van der Waals surface area contributed by atoms with Gasteiger partial charge in [0, 0.05) is 11.1 Å². The summed E-state index contributed by atoms with van der Waals surface area (Å²) < 4.78 is 5.67. The highest BCUT2D eigenvalue weighted by Gasteiger charge is 2.14. The van der Waals surface area contributed by atoms with Gasteiger partial charge in [-0.1, -0.05) is 29.8 Å². The standard InChI is InChI=1S/C21H15ClN4O4/c1-10-2-7-13(8-14(10)20(28)29)30-21-24-16-9-15(22)17(25-19(16)26-21)11-3-5-12(6-4-11)18(23)27/h2-9H,1H3,(H2,23,27)(H,28,29)(H,24,25,26). The van der Waals surface area contributed by atoms with Crippen LogP contribution in [0.25, 0.3) is 22.4 Å². The number of aromatic carboxylic acids is 1. The molecule has 0 atom stereocenters. The van der Waals surface area contributed by atoms with Gasteiger partial charge in [-0.25, -0.2) is 9.78 Å². The van der Waals surface area contributed by atoms with Crippen LogP contribution in [0.3, 0.4) is 0 Å². The molecule has 9 heteroatoms. The molecule has 4 rings (SSSR count). The van der Waals surface area contributed by atoms with Gasteiger partial charge in [-0.05, 0) is 42.8 Å². The number of hydrogen-bond acceptors (Lipinski definition) is 5. The molecular weight excluding hydrogens is 408 g/mol. The summed E-state index contributed by atoms with van der Waals surface area (Å²) in [5, 5.41) is 9.64. The van der Waals surface area contributed by atoms with Gasteiger partial charge in [0.25, 0.3) is 0 Å². The zero-order chi connectivity index (χ0) is 21.4. The molecule has 8 nitrogen and oxygen atoms in total. The average molecular weight is 423 g/mol. The summed E-state index contributed by atoms with van der Waals surface area (Å²) in [7, 11) is 0. The van der Waals surface area contributed by atoms with Gasteiger partial charge in [0.2, 0.25) is 5.91 Å². The fourth-order valence-corrected chi connectivity index (χ4v) is 3.21. The van der Waals surface area contributed by atoms with Crippen LogP contribution >= 0.6 is 11.6 Å². The molecule has 1 amide bonds. The first-order valence-corrected chi connectivity index (χ1v) is 9.18. The summed E-state index contributed by atoms with van der Waals surface area (Å²) in [6.45, 7) is 1.71. The van der Waals surface area contributed by atoms with Crippen LogP contribution in [0.4, 0.5) is 0 Å².